The van der Waals surface area contributed by atoms with E-state index in [9.17, 15) is 0 Å². The van der Waals surface area contributed by atoms with Crippen molar-refractivity contribution in [2.24, 2.45) is 5.73 Å². The van der Waals surface area contributed by atoms with E-state index in [-0.39, 0.29) is 0 Å². The van der Waals surface area contributed by atoms with Crippen molar-refractivity contribution in [3.63, 3.8) is 0 Å². The van der Waals surface area contributed by atoms with E-state index in [1.165, 1.54) is 0 Å². The Morgan fingerprint density at radius 2 is 1.56 bits per heavy atom. The van der Waals surface area contributed by atoms with E-state index in [0.29, 0.717) is 19.8 Å². The van der Waals surface area contributed by atoms with Gasteiger partial charge in [0.1, 0.15) is 0 Å². The Kier molecular flexibility index (Phi) is 4.76. The average Bonchev–Trinajstić information content (AvgIpc) is 2.42. The van der Waals surface area contributed by atoms with Crippen LogP contribution in [0.15, 0.2) is 48.5 Å². The fourth-order valence-electron chi connectivity index (χ4n) is 1.67. The first-order chi connectivity index (χ1) is 8.79. The highest BCUT2D eigenvalue weighted by Crippen LogP contribution is 2.16. The lowest BCUT2D eigenvalue weighted by Crippen LogP contribution is -1.98. The van der Waals surface area contributed by atoms with Crippen LogP contribution in [0.2, 0.25) is 5.02 Å². The van der Waals surface area contributed by atoms with Crippen molar-refractivity contribution in [3.05, 3.63) is 70.2 Å². The molecule has 0 aromatic heterocycles. The first-order valence-corrected chi connectivity index (χ1v) is 6.26. The van der Waals surface area contributed by atoms with Crippen molar-refractivity contribution in [3.8, 4) is 0 Å². The molecule has 0 saturated heterocycles. The Balaban J connectivity index is 1.86. The van der Waals surface area contributed by atoms with Crippen LogP contribution in [0.1, 0.15) is 16.7 Å². The standard InChI is InChI=1S/C15H16ClNO/c16-15-4-2-1-3-14(15)11-18-10-13-7-5-12(9-17)6-8-13/h1-8H,9-11,17H2. The maximum absolute atomic E-state index is 6.05. The van der Waals surface area contributed by atoms with Gasteiger partial charge in [0.25, 0.3) is 0 Å². The summed E-state index contributed by atoms with van der Waals surface area (Å²) in [4.78, 5) is 0. The van der Waals surface area contributed by atoms with Crippen molar-refractivity contribution >= 4 is 11.6 Å². The maximum atomic E-state index is 6.05. The zero-order chi connectivity index (χ0) is 12.8. The van der Waals surface area contributed by atoms with Crippen molar-refractivity contribution in [2.45, 2.75) is 19.8 Å². The van der Waals surface area contributed by atoms with Gasteiger partial charge in [-0.1, -0.05) is 54.1 Å². The van der Waals surface area contributed by atoms with E-state index in [4.69, 9.17) is 22.1 Å². The van der Waals surface area contributed by atoms with Gasteiger partial charge in [0.2, 0.25) is 0 Å². The summed E-state index contributed by atoms with van der Waals surface area (Å²) in [5.74, 6) is 0. The molecule has 0 amide bonds. The normalized spacial score (nSPS) is 10.6. The minimum atomic E-state index is 0.526. The Hall–Kier alpha value is -1.35. The van der Waals surface area contributed by atoms with Gasteiger partial charge in [-0.05, 0) is 22.8 Å². The van der Waals surface area contributed by atoms with Gasteiger partial charge in [0, 0.05) is 11.6 Å². The van der Waals surface area contributed by atoms with Gasteiger partial charge in [-0.3, -0.25) is 0 Å². The molecule has 0 radical (unpaired) electrons. The molecule has 0 bridgehead atoms. The minimum absolute atomic E-state index is 0.526. The Bertz CT molecular complexity index is 496. The van der Waals surface area contributed by atoms with Crippen molar-refractivity contribution < 1.29 is 4.74 Å². The molecule has 0 unspecified atom stereocenters. The van der Waals surface area contributed by atoms with E-state index < -0.39 is 0 Å². The summed E-state index contributed by atoms with van der Waals surface area (Å²) in [5, 5.41) is 0.746. The van der Waals surface area contributed by atoms with Crippen LogP contribution in [0.25, 0.3) is 0 Å². The molecular formula is C15H16ClNO. The molecule has 0 aliphatic carbocycles. The maximum Gasteiger partial charge on any atom is 0.0735 e. The Labute approximate surface area is 112 Å². The molecule has 0 aliphatic rings. The highest BCUT2D eigenvalue weighted by atomic mass is 35.5. The van der Waals surface area contributed by atoms with E-state index in [1.54, 1.807) is 0 Å². The number of nitrogens with two attached hydrogens (primary N) is 1. The Morgan fingerprint density at radius 3 is 2.22 bits per heavy atom. The largest absolute Gasteiger partial charge is 0.372 e. The van der Waals surface area contributed by atoms with Crippen LogP contribution >= 0.6 is 11.6 Å². The summed E-state index contributed by atoms with van der Waals surface area (Å²) in [6.07, 6.45) is 0. The molecule has 2 N–H and O–H groups in total. The molecule has 3 heteroatoms. The fraction of sp³-hybridized carbons (Fsp3) is 0.200. The van der Waals surface area contributed by atoms with Crippen molar-refractivity contribution in [1.82, 2.24) is 0 Å². The number of hydrogen-bond donors (Lipinski definition) is 1. The molecule has 18 heavy (non-hydrogen) atoms. The molecule has 2 aromatic rings. The second-order valence-corrected chi connectivity index (χ2v) is 4.51. The third kappa shape index (κ3) is 3.57. The van der Waals surface area contributed by atoms with Crippen molar-refractivity contribution in [1.29, 1.82) is 0 Å². The van der Waals surface area contributed by atoms with Crippen LogP contribution in [0.4, 0.5) is 0 Å². The summed E-state index contributed by atoms with van der Waals surface area (Å²) >= 11 is 6.05. The molecule has 2 nitrogen and oxygen atoms in total. The highest BCUT2D eigenvalue weighted by Gasteiger charge is 1.99. The van der Waals surface area contributed by atoms with Crippen LogP contribution in [0.5, 0.6) is 0 Å². The van der Waals surface area contributed by atoms with Gasteiger partial charge in [-0.2, -0.15) is 0 Å². The zero-order valence-electron chi connectivity index (χ0n) is 10.1. The van der Waals surface area contributed by atoms with Crippen LogP contribution in [-0.2, 0) is 24.5 Å². The predicted octanol–water partition coefficient (Wildman–Crippen LogP) is 3.52. The number of halogens is 1. The molecule has 0 aliphatic heterocycles. The molecule has 0 spiro atoms. The molecule has 94 valence electrons. The lowest BCUT2D eigenvalue weighted by Gasteiger charge is -2.06. The lowest BCUT2D eigenvalue weighted by atomic mass is 10.1. The van der Waals surface area contributed by atoms with E-state index in [0.717, 1.165) is 21.7 Å². The number of rotatable bonds is 5. The minimum Gasteiger partial charge on any atom is -0.372 e. The third-order valence-corrected chi connectivity index (χ3v) is 3.11. The van der Waals surface area contributed by atoms with Gasteiger partial charge in [0.05, 0.1) is 13.2 Å². The van der Waals surface area contributed by atoms with Crippen LogP contribution in [-0.4, -0.2) is 0 Å². The molecule has 2 rings (SSSR count). The highest BCUT2D eigenvalue weighted by molar-refractivity contribution is 6.31. The monoisotopic (exact) mass is 261 g/mol. The second kappa shape index (κ2) is 6.55. The molecule has 0 heterocycles. The van der Waals surface area contributed by atoms with E-state index in [2.05, 4.69) is 0 Å². The first kappa shape index (κ1) is 13.1. The summed E-state index contributed by atoms with van der Waals surface area (Å²) < 4.78 is 5.64. The second-order valence-electron chi connectivity index (χ2n) is 4.10. The predicted molar refractivity (Wildman–Crippen MR) is 74.3 cm³/mol. The summed E-state index contributed by atoms with van der Waals surface area (Å²) in [5.41, 5.74) is 8.83. The average molecular weight is 262 g/mol. The number of hydrogen-bond acceptors (Lipinski definition) is 2. The van der Waals surface area contributed by atoms with Gasteiger partial charge < -0.3 is 10.5 Å². The molecule has 0 saturated carbocycles. The lowest BCUT2D eigenvalue weighted by molar-refractivity contribution is 0.107. The van der Waals surface area contributed by atoms with Gasteiger partial charge in [0.15, 0.2) is 0 Å². The topological polar surface area (TPSA) is 35.2 Å². The number of benzene rings is 2. The van der Waals surface area contributed by atoms with Gasteiger partial charge in [-0.25, -0.2) is 0 Å². The van der Waals surface area contributed by atoms with Crippen LogP contribution in [0, 0.1) is 0 Å². The van der Waals surface area contributed by atoms with Crippen molar-refractivity contribution in [2.75, 3.05) is 0 Å². The summed E-state index contributed by atoms with van der Waals surface area (Å²) in [7, 11) is 0. The number of ether oxygens (including phenoxy) is 1. The summed E-state index contributed by atoms with van der Waals surface area (Å²) in [6, 6.07) is 15.8. The third-order valence-electron chi connectivity index (χ3n) is 2.74. The van der Waals surface area contributed by atoms with Gasteiger partial charge in [-0.15, -0.1) is 0 Å². The fourth-order valence-corrected chi connectivity index (χ4v) is 1.86. The SMILES string of the molecule is NCc1ccc(COCc2ccccc2Cl)cc1. The quantitative estimate of drug-likeness (QED) is 0.894. The van der Waals surface area contributed by atoms with E-state index in [1.807, 2.05) is 48.5 Å². The smallest absolute Gasteiger partial charge is 0.0735 e. The molecule has 2 aromatic carbocycles. The summed E-state index contributed by atoms with van der Waals surface area (Å²) in [6.45, 7) is 1.68. The van der Waals surface area contributed by atoms with Crippen LogP contribution < -0.4 is 5.73 Å². The zero-order valence-corrected chi connectivity index (χ0v) is 10.9. The molecular weight excluding hydrogens is 246 g/mol. The first-order valence-electron chi connectivity index (χ1n) is 5.88. The molecule has 0 fully saturated rings. The molecule has 0 atom stereocenters. The van der Waals surface area contributed by atoms with E-state index >= 15 is 0 Å². The Morgan fingerprint density at radius 1 is 0.889 bits per heavy atom. The van der Waals surface area contributed by atoms with Gasteiger partial charge >= 0.3 is 0 Å². The van der Waals surface area contributed by atoms with Crippen LogP contribution in [0.3, 0.4) is 0 Å².